The summed E-state index contributed by atoms with van der Waals surface area (Å²) >= 11 is 11.9. The summed E-state index contributed by atoms with van der Waals surface area (Å²) in [6, 6.07) is 0. The first kappa shape index (κ1) is 10.1. The van der Waals surface area contributed by atoms with Gasteiger partial charge in [0, 0.05) is 6.92 Å². The van der Waals surface area contributed by atoms with Crippen LogP contribution in [0.1, 0.15) is 19.8 Å². The Kier molecular flexibility index (Phi) is 1.70. The number of carboxylic acids is 1. The average Bonchev–Trinajstić information content (AvgIpc) is 1.95. The van der Waals surface area contributed by atoms with Crippen LogP contribution < -0.4 is 5.32 Å². The molecule has 0 aromatic heterocycles. The largest absolute Gasteiger partial charge is 0.481 e. The lowest BCUT2D eigenvalue weighted by molar-refractivity contribution is -0.205. The zero-order chi connectivity index (χ0) is 10.8. The summed E-state index contributed by atoms with van der Waals surface area (Å²) in [5.41, 5.74) is -1.78. The van der Waals surface area contributed by atoms with Gasteiger partial charge in [-0.1, -0.05) is 23.2 Å². The lowest BCUT2D eigenvalue weighted by Gasteiger charge is -2.75. The minimum absolute atomic E-state index is 0.241. The van der Waals surface area contributed by atoms with Crippen molar-refractivity contribution in [1.29, 1.82) is 0 Å². The maximum absolute atomic E-state index is 10.9. The second-order valence-electron chi connectivity index (χ2n) is 4.08. The van der Waals surface area contributed by atoms with Crippen molar-refractivity contribution in [2.75, 3.05) is 0 Å². The molecule has 3 saturated carbocycles. The molecule has 3 aliphatic carbocycles. The quantitative estimate of drug-likeness (QED) is 0.703. The van der Waals surface area contributed by atoms with Crippen LogP contribution >= 0.6 is 23.2 Å². The molecular formula is C8H9Cl2NO3. The normalized spacial score (nSPS) is 41.9. The van der Waals surface area contributed by atoms with Gasteiger partial charge in [-0.2, -0.15) is 0 Å². The Morgan fingerprint density at radius 2 is 1.86 bits per heavy atom. The first-order chi connectivity index (χ1) is 6.27. The SMILES string of the molecule is CC(=O)NC12CC(C(=O)O)(C1)C2(Cl)Cl. The highest BCUT2D eigenvalue weighted by Crippen LogP contribution is 2.78. The molecule has 0 atom stereocenters. The third kappa shape index (κ3) is 0.777. The molecular weight excluding hydrogens is 229 g/mol. The molecule has 2 N–H and O–H groups in total. The van der Waals surface area contributed by atoms with E-state index in [0.29, 0.717) is 12.8 Å². The van der Waals surface area contributed by atoms with Gasteiger partial charge in [-0.3, -0.25) is 9.59 Å². The van der Waals surface area contributed by atoms with E-state index in [1.165, 1.54) is 6.92 Å². The molecule has 1 amide bonds. The van der Waals surface area contributed by atoms with Crippen LogP contribution in [0.2, 0.25) is 0 Å². The molecule has 0 unspecified atom stereocenters. The number of hydrogen-bond donors (Lipinski definition) is 2. The maximum Gasteiger partial charge on any atom is 0.312 e. The molecule has 0 radical (unpaired) electrons. The molecule has 0 saturated heterocycles. The van der Waals surface area contributed by atoms with Crippen molar-refractivity contribution in [2.45, 2.75) is 29.6 Å². The van der Waals surface area contributed by atoms with Gasteiger partial charge in [0.25, 0.3) is 0 Å². The number of carbonyl (C=O) groups excluding carboxylic acids is 1. The summed E-state index contributed by atoms with van der Waals surface area (Å²) in [5.74, 6) is -1.23. The Morgan fingerprint density at radius 3 is 2.14 bits per heavy atom. The van der Waals surface area contributed by atoms with Crippen molar-refractivity contribution >= 4 is 35.1 Å². The molecule has 78 valence electrons. The smallest absolute Gasteiger partial charge is 0.312 e. The van der Waals surface area contributed by atoms with Gasteiger partial charge in [0.1, 0.15) is 5.41 Å². The topological polar surface area (TPSA) is 66.4 Å². The average molecular weight is 238 g/mol. The molecule has 14 heavy (non-hydrogen) atoms. The summed E-state index contributed by atoms with van der Waals surface area (Å²) in [5, 5.41) is 11.6. The predicted molar refractivity (Wildman–Crippen MR) is 50.3 cm³/mol. The molecule has 6 heteroatoms. The molecule has 0 spiro atoms. The minimum atomic E-state index is -1.36. The van der Waals surface area contributed by atoms with E-state index in [0.717, 1.165) is 0 Å². The van der Waals surface area contributed by atoms with E-state index in [-0.39, 0.29) is 5.91 Å². The van der Waals surface area contributed by atoms with Crippen LogP contribution in [0.4, 0.5) is 0 Å². The fourth-order valence-corrected chi connectivity index (χ4v) is 3.25. The molecule has 0 aromatic rings. The van der Waals surface area contributed by atoms with Gasteiger partial charge in [0.2, 0.25) is 5.91 Å². The molecule has 3 fully saturated rings. The maximum atomic E-state index is 10.9. The molecule has 0 aromatic carbocycles. The van der Waals surface area contributed by atoms with E-state index in [9.17, 15) is 9.59 Å². The summed E-state index contributed by atoms with van der Waals surface area (Å²) < 4.78 is -1.36. The van der Waals surface area contributed by atoms with E-state index in [1.807, 2.05) is 0 Å². The Balaban J connectivity index is 2.20. The second kappa shape index (κ2) is 2.36. The minimum Gasteiger partial charge on any atom is -0.481 e. The van der Waals surface area contributed by atoms with Crippen molar-refractivity contribution in [3.8, 4) is 0 Å². The monoisotopic (exact) mass is 237 g/mol. The second-order valence-corrected chi connectivity index (χ2v) is 5.41. The third-order valence-corrected chi connectivity index (χ3v) is 4.68. The number of hydrogen-bond acceptors (Lipinski definition) is 2. The molecule has 4 nitrogen and oxygen atoms in total. The first-order valence-electron chi connectivity index (χ1n) is 4.17. The van der Waals surface area contributed by atoms with Gasteiger partial charge in [0.15, 0.2) is 4.33 Å². The zero-order valence-electron chi connectivity index (χ0n) is 7.43. The molecule has 3 aliphatic rings. The highest BCUT2D eigenvalue weighted by molar-refractivity contribution is 6.53. The highest BCUT2D eigenvalue weighted by atomic mass is 35.5. The van der Waals surface area contributed by atoms with Crippen molar-refractivity contribution in [1.82, 2.24) is 5.32 Å². The van der Waals surface area contributed by atoms with Crippen LogP contribution in [0.25, 0.3) is 0 Å². The highest BCUT2D eigenvalue weighted by Gasteiger charge is 2.88. The van der Waals surface area contributed by atoms with Gasteiger partial charge in [0.05, 0.1) is 5.54 Å². The molecule has 2 bridgehead atoms. The van der Waals surface area contributed by atoms with E-state index in [4.69, 9.17) is 28.3 Å². The van der Waals surface area contributed by atoms with E-state index in [1.54, 1.807) is 0 Å². The first-order valence-corrected chi connectivity index (χ1v) is 4.93. The van der Waals surface area contributed by atoms with E-state index >= 15 is 0 Å². The van der Waals surface area contributed by atoms with Gasteiger partial charge >= 0.3 is 5.97 Å². The van der Waals surface area contributed by atoms with Crippen LogP contribution in [-0.2, 0) is 9.59 Å². The van der Waals surface area contributed by atoms with Crippen LogP contribution in [0.3, 0.4) is 0 Å². The number of nitrogens with one attached hydrogen (secondary N) is 1. The predicted octanol–water partition coefficient (Wildman–Crippen LogP) is 0.914. The fraction of sp³-hybridized carbons (Fsp3) is 0.750. The molecule has 3 rings (SSSR count). The van der Waals surface area contributed by atoms with Crippen LogP contribution in [0, 0.1) is 5.41 Å². The Hall–Kier alpha value is -0.480. The van der Waals surface area contributed by atoms with Crippen molar-refractivity contribution in [2.24, 2.45) is 5.41 Å². The molecule has 0 heterocycles. The standard InChI is InChI=1S/C8H9Cl2NO3/c1-4(12)11-7-2-6(3-7,5(13)14)8(7,9)10/h2-3H2,1H3,(H,11,12)(H,13,14). The number of aliphatic carboxylic acids is 1. The van der Waals surface area contributed by atoms with Crippen molar-refractivity contribution in [3.05, 3.63) is 0 Å². The van der Waals surface area contributed by atoms with Crippen molar-refractivity contribution < 1.29 is 14.7 Å². The summed E-state index contributed by atoms with van der Waals surface area (Å²) in [6.07, 6.45) is 0.643. The lowest BCUT2D eigenvalue weighted by Crippen LogP contribution is -2.90. The van der Waals surface area contributed by atoms with Gasteiger partial charge in [-0.25, -0.2) is 0 Å². The van der Waals surface area contributed by atoms with E-state index in [2.05, 4.69) is 5.32 Å². The third-order valence-electron chi connectivity index (χ3n) is 3.23. The van der Waals surface area contributed by atoms with Gasteiger partial charge in [-0.05, 0) is 12.8 Å². The number of halogens is 2. The number of amides is 1. The lowest BCUT2D eigenvalue weighted by atomic mass is 9.38. The fourth-order valence-electron chi connectivity index (χ4n) is 2.46. The van der Waals surface area contributed by atoms with Crippen LogP contribution in [0.5, 0.6) is 0 Å². The Bertz CT molecular complexity index is 333. The Morgan fingerprint density at radius 1 is 1.36 bits per heavy atom. The summed E-state index contributed by atoms with van der Waals surface area (Å²) in [4.78, 5) is 21.8. The zero-order valence-corrected chi connectivity index (χ0v) is 8.95. The van der Waals surface area contributed by atoms with Crippen LogP contribution in [0.15, 0.2) is 0 Å². The molecule has 0 aliphatic heterocycles. The Labute approximate surface area is 90.6 Å². The van der Waals surface area contributed by atoms with Gasteiger partial charge in [-0.15, -0.1) is 0 Å². The summed E-state index contributed by atoms with van der Waals surface area (Å²) in [7, 11) is 0. The summed E-state index contributed by atoms with van der Waals surface area (Å²) in [6.45, 7) is 1.36. The van der Waals surface area contributed by atoms with Crippen molar-refractivity contribution in [3.63, 3.8) is 0 Å². The number of carbonyl (C=O) groups is 2. The van der Waals surface area contributed by atoms with Gasteiger partial charge < -0.3 is 10.4 Å². The number of carboxylic acid groups (broad SMARTS) is 1. The van der Waals surface area contributed by atoms with Crippen LogP contribution in [-0.4, -0.2) is 26.9 Å². The van der Waals surface area contributed by atoms with E-state index < -0.39 is 21.3 Å². The number of rotatable bonds is 2. The number of alkyl halides is 2.